The maximum absolute atomic E-state index is 13.1. The molecular weight excluding hydrogens is 239 g/mol. The fourth-order valence-corrected chi connectivity index (χ4v) is 4.49. The fourth-order valence-electron chi connectivity index (χ4n) is 2.50. The first-order chi connectivity index (χ1) is 8.00. The molecule has 17 heavy (non-hydrogen) atoms. The highest BCUT2D eigenvalue weighted by molar-refractivity contribution is 7.92. The van der Waals surface area contributed by atoms with Gasteiger partial charge in [0.2, 0.25) is 0 Å². The number of rotatable bonds is 2. The molecule has 0 amide bonds. The number of halogens is 1. The van der Waals surface area contributed by atoms with Crippen molar-refractivity contribution in [2.75, 3.05) is 0 Å². The third kappa shape index (κ3) is 2.68. The molecule has 1 aromatic carbocycles. The van der Waals surface area contributed by atoms with Crippen molar-refractivity contribution in [1.29, 1.82) is 0 Å². The smallest absolute Gasteiger partial charge is 0.181 e. The van der Waals surface area contributed by atoms with Crippen LogP contribution in [0.15, 0.2) is 29.2 Å². The second-order valence-corrected chi connectivity index (χ2v) is 7.12. The van der Waals surface area contributed by atoms with E-state index in [0.717, 1.165) is 18.9 Å². The summed E-state index contributed by atoms with van der Waals surface area (Å²) >= 11 is 0. The summed E-state index contributed by atoms with van der Waals surface area (Å²) in [7, 11) is -3.36. The third-order valence-electron chi connectivity index (χ3n) is 3.45. The number of hydrogen-bond acceptors (Lipinski definition) is 2. The van der Waals surface area contributed by atoms with E-state index in [4.69, 9.17) is 0 Å². The van der Waals surface area contributed by atoms with Crippen LogP contribution in [0, 0.1) is 11.7 Å². The summed E-state index contributed by atoms with van der Waals surface area (Å²) in [5.41, 5.74) is 0. The number of benzene rings is 1. The van der Waals surface area contributed by atoms with Crippen LogP contribution in [0.4, 0.5) is 4.39 Å². The van der Waals surface area contributed by atoms with Crippen LogP contribution in [0.2, 0.25) is 0 Å². The minimum atomic E-state index is -3.36. The first-order valence-electron chi connectivity index (χ1n) is 5.99. The Morgan fingerprint density at radius 1 is 1.29 bits per heavy atom. The molecule has 2 rings (SSSR count). The molecule has 1 aliphatic carbocycles. The van der Waals surface area contributed by atoms with Gasteiger partial charge in [-0.25, -0.2) is 12.8 Å². The number of sulfone groups is 1. The lowest BCUT2D eigenvalue weighted by Crippen LogP contribution is -2.27. The standard InChI is InChI=1S/C13H17FO2S/c1-10-4-2-6-12(8-10)17(15,16)13-7-3-5-11(14)9-13/h3,5,7,9-10,12H,2,4,6,8H2,1H3. The molecule has 0 aromatic heterocycles. The molecule has 2 atom stereocenters. The maximum Gasteiger partial charge on any atom is 0.181 e. The van der Waals surface area contributed by atoms with E-state index in [1.165, 1.54) is 18.2 Å². The van der Waals surface area contributed by atoms with Gasteiger partial charge in [0.05, 0.1) is 10.1 Å². The fraction of sp³-hybridized carbons (Fsp3) is 0.538. The van der Waals surface area contributed by atoms with E-state index >= 15 is 0 Å². The first-order valence-corrected chi connectivity index (χ1v) is 7.54. The van der Waals surface area contributed by atoms with E-state index in [-0.39, 0.29) is 10.1 Å². The van der Waals surface area contributed by atoms with E-state index in [2.05, 4.69) is 6.92 Å². The van der Waals surface area contributed by atoms with Crippen molar-refractivity contribution in [1.82, 2.24) is 0 Å². The van der Waals surface area contributed by atoms with Crippen molar-refractivity contribution in [2.24, 2.45) is 5.92 Å². The Kier molecular flexibility index (Phi) is 3.52. The van der Waals surface area contributed by atoms with Crippen LogP contribution in [-0.2, 0) is 9.84 Å². The SMILES string of the molecule is CC1CCCC(S(=O)(=O)c2cccc(F)c2)C1. The highest BCUT2D eigenvalue weighted by Gasteiger charge is 2.31. The van der Waals surface area contributed by atoms with Gasteiger partial charge in [0, 0.05) is 0 Å². The largest absolute Gasteiger partial charge is 0.223 e. The van der Waals surface area contributed by atoms with E-state index in [1.54, 1.807) is 0 Å². The van der Waals surface area contributed by atoms with Crippen LogP contribution in [0.3, 0.4) is 0 Å². The molecule has 0 aliphatic heterocycles. The summed E-state index contributed by atoms with van der Waals surface area (Å²) < 4.78 is 37.7. The van der Waals surface area contributed by atoms with Gasteiger partial charge in [-0.3, -0.25) is 0 Å². The zero-order chi connectivity index (χ0) is 12.5. The molecule has 0 bridgehead atoms. The average Bonchev–Trinajstić information content (AvgIpc) is 2.29. The lowest BCUT2D eigenvalue weighted by Gasteiger charge is -2.26. The molecule has 1 aliphatic rings. The monoisotopic (exact) mass is 256 g/mol. The van der Waals surface area contributed by atoms with E-state index < -0.39 is 15.7 Å². The quantitative estimate of drug-likeness (QED) is 0.814. The lowest BCUT2D eigenvalue weighted by atomic mass is 9.91. The van der Waals surface area contributed by atoms with Gasteiger partial charge in [-0.2, -0.15) is 0 Å². The van der Waals surface area contributed by atoms with Gasteiger partial charge in [-0.15, -0.1) is 0 Å². The summed E-state index contributed by atoms with van der Waals surface area (Å²) in [6.07, 6.45) is 3.43. The molecule has 0 saturated heterocycles. The van der Waals surface area contributed by atoms with Crippen LogP contribution in [0.5, 0.6) is 0 Å². The zero-order valence-electron chi connectivity index (χ0n) is 9.90. The molecule has 0 spiro atoms. The van der Waals surface area contributed by atoms with Crippen LogP contribution in [0.1, 0.15) is 32.6 Å². The predicted molar refractivity (Wildman–Crippen MR) is 65.0 cm³/mol. The van der Waals surface area contributed by atoms with E-state index in [1.807, 2.05) is 0 Å². The van der Waals surface area contributed by atoms with Crippen molar-refractivity contribution in [3.05, 3.63) is 30.1 Å². The predicted octanol–water partition coefficient (Wildman–Crippen LogP) is 3.18. The highest BCUT2D eigenvalue weighted by Crippen LogP contribution is 2.31. The van der Waals surface area contributed by atoms with E-state index in [9.17, 15) is 12.8 Å². The molecular formula is C13H17FO2S. The average molecular weight is 256 g/mol. The van der Waals surface area contributed by atoms with Crippen LogP contribution in [-0.4, -0.2) is 13.7 Å². The summed E-state index contributed by atoms with van der Waals surface area (Å²) in [6.45, 7) is 2.08. The minimum absolute atomic E-state index is 0.122. The lowest BCUT2D eigenvalue weighted by molar-refractivity contribution is 0.382. The van der Waals surface area contributed by atoms with Gasteiger partial charge in [-0.05, 0) is 37.0 Å². The minimum Gasteiger partial charge on any atom is -0.223 e. The summed E-state index contributed by atoms with van der Waals surface area (Å²) in [5.74, 6) is -0.0491. The molecule has 2 unspecified atom stereocenters. The summed E-state index contributed by atoms with van der Waals surface area (Å²) in [4.78, 5) is 0.122. The topological polar surface area (TPSA) is 34.1 Å². The summed E-state index contributed by atoms with van der Waals surface area (Å²) in [6, 6.07) is 5.32. The molecule has 94 valence electrons. The highest BCUT2D eigenvalue weighted by atomic mass is 32.2. The Hall–Kier alpha value is -0.900. The Balaban J connectivity index is 2.29. The molecule has 0 heterocycles. The molecule has 4 heteroatoms. The molecule has 0 N–H and O–H groups in total. The van der Waals surface area contributed by atoms with Gasteiger partial charge in [-0.1, -0.05) is 25.8 Å². The second-order valence-electron chi connectivity index (χ2n) is 4.90. The molecule has 1 aromatic rings. The number of hydrogen-bond donors (Lipinski definition) is 0. The normalized spacial score (nSPS) is 25.8. The van der Waals surface area contributed by atoms with Gasteiger partial charge in [0.1, 0.15) is 5.82 Å². The molecule has 0 radical (unpaired) electrons. The Bertz CT molecular complexity index is 496. The zero-order valence-corrected chi connectivity index (χ0v) is 10.7. The molecule has 1 saturated carbocycles. The Morgan fingerprint density at radius 2 is 2.06 bits per heavy atom. The van der Waals surface area contributed by atoms with Gasteiger partial charge < -0.3 is 0 Å². The van der Waals surface area contributed by atoms with Crippen molar-refractivity contribution in [3.63, 3.8) is 0 Å². The maximum atomic E-state index is 13.1. The van der Waals surface area contributed by atoms with Gasteiger partial charge in [0.15, 0.2) is 9.84 Å². The first kappa shape index (κ1) is 12.6. The molecule has 1 fully saturated rings. The molecule has 2 nitrogen and oxygen atoms in total. The van der Waals surface area contributed by atoms with Crippen LogP contribution < -0.4 is 0 Å². The van der Waals surface area contributed by atoms with Gasteiger partial charge >= 0.3 is 0 Å². The Morgan fingerprint density at radius 3 is 2.71 bits per heavy atom. The Labute approximate surface area is 102 Å². The van der Waals surface area contributed by atoms with E-state index in [0.29, 0.717) is 18.8 Å². The van der Waals surface area contributed by atoms with Crippen molar-refractivity contribution >= 4 is 9.84 Å². The van der Waals surface area contributed by atoms with Gasteiger partial charge in [0.25, 0.3) is 0 Å². The van der Waals surface area contributed by atoms with Crippen molar-refractivity contribution < 1.29 is 12.8 Å². The van der Waals surface area contributed by atoms with Crippen LogP contribution in [0.25, 0.3) is 0 Å². The second kappa shape index (κ2) is 4.77. The van der Waals surface area contributed by atoms with Crippen LogP contribution >= 0.6 is 0 Å². The third-order valence-corrected chi connectivity index (χ3v) is 5.67. The van der Waals surface area contributed by atoms with Crippen molar-refractivity contribution in [2.45, 2.75) is 42.8 Å². The summed E-state index contributed by atoms with van der Waals surface area (Å²) in [5, 5.41) is -0.340. The van der Waals surface area contributed by atoms with Crippen molar-refractivity contribution in [3.8, 4) is 0 Å².